The maximum atomic E-state index is 13.0. The third-order valence-corrected chi connectivity index (χ3v) is 15.9. The minimum Gasteiger partial charge on any atom is -0.477 e. The standard InChI is InChI=1S/2C23H20ClN7O.C15H9ClN4O2.C8H13N3/c2*1-13-5-22(26)29-14(2)19(13)11-28-23(32)21-8-18(9-25)30-31(21)12-15-3-4-20-16(6-15)7-17(24)10-27-20;16-11-4-10-3-9(1-2-13(10)18-7-11)8-20-14(15(21)22)5-12(6-17)19-20;1-5-3-8(10)11-6(2)7(5)4-9/h2*3-8,10H,11-12H2,1-2H3,(H2,26,29)(H,28,32);1-5,7H,8H2,(H,21,22);3H,4,9H2,1-2H3,(H2,10,11). The number of nitrogens with two attached hydrogens (primary N) is 4. The van der Waals surface area contributed by atoms with E-state index in [0.29, 0.717) is 63.5 Å². The van der Waals surface area contributed by atoms with E-state index >= 15 is 0 Å². The van der Waals surface area contributed by atoms with Crippen molar-refractivity contribution in [1.29, 1.82) is 15.8 Å². The van der Waals surface area contributed by atoms with Gasteiger partial charge in [-0.05, 0) is 164 Å². The highest BCUT2D eigenvalue weighted by atomic mass is 35.5. The Hall–Kier alpha value is -11.9. The van der Waals surface area contributed by atoms with E-state index in [2.05, 4.69) is 55.8 Å². The summed E-state index contributed by atoms with van der Waals surface area (Å²) in [6, 6.07) is 37.9. The normalized spacial score (nSPS) is 10.7. The monoisotopic (exact) mass is 1350 g/mol. The average molecular weight is 1360 g/mol. The lowest BCUT2D eigenvalue weighted by Crippen LogP contribution is -2.27. The molecule has 0 fully saturated rings. The molecule has 488 valence electrons. The van der Waals surface area contributed by atoms with E-state index in [1.165, 1.54) is 32.2 Å². The van der Waals surface area contributed by atoms with E-state index < -0.39 is 5.97 Å². The molecule has 0 radical (unpaired) electrons. The molecule has 12 rings (SSSR count). The number of amides is 2. The fourth-order valence-electron chi connectivity index (χ4n) is 10.6. The summed E-state index contributed by atoms with van der Waals surface area (Å²) in [5.41, 5.74) is 37.0. The number of rotatable bonds is 14. The largest absolute Gasteiger partial charge is 0.477 e. The molecule has 0 aliphatic heterocycles. The molecule has 0 atom stereocenters. The number of aryl methyl sites for hydroxylation is 6. The van der Waals surface area contributed by atoms with Gasteiger partial charge < -0.3 is 38.7 Å². The fourth-order valence-corrected chi connectivity index (χ4v) is 11.1. The minimum atomic E-state index is -1.13. The molecule has 0 saturated heterocycles. The van der Waals surface area contributed by atoms with Crippen LogP contribution in [0.2, 0.25) is 15.1 Å². The topological polar surface area (TPSA) is 402 Å². The molecule has 11 N–H and O–H groups in total. The second kappa shape index (κ2) is 30.9. The van der Waals surface area contributed by atoms with Crippen LogP contribution in [0.25, 0.3) is 32.7 Å². The highest BCUT2D eigenvalue weighted by molar-refractivity contribution is 6.31. The number of nitrogens with one attached hydrogen (secondary N) is 2. The van der Waals surface area contributed by atoms with E-state index in [1.54, 1.807) is 36.8 Å². The lowest BCUT2D eigenvalue weighted by atomic mass is 10.1. The van der Waals surface area contributed by atoms with Crippen molar-refractivity contribution >= 4 is 103 Å². The van der Waals surface area contributed by atoms with Gasteiger partial charge in [0, 0.05) is 89.7 Å². The summed E-state index contributed by atoms with van der Waals surface area (Å²) in [7, 11) is 0. The quantitative estimate of drug-likeness (QED) is 0.0532. The first-order chi connectivity index (χ1) is 46.4. The molecule has 3 aromatic carbocycles. The molecular formula is C69H62Cl3N21O4. The number of nitriles is 3. The number of nitrogens with zero attached hydrogens (tertiary/aromatic N) is 15. The number of halogens is 3. The van der Waals surface area contributed by atoms with Crippen molar-refractivity contribution in [2.24, 2.45) is 5.73 Å². The van der Waals surface area contributed by atoms with Gasteiger partial charge in [0.1, 0.15) is 52.7 Å². The number of hydrogen-bond acceptors (Lipinski definition) is 19. The second-order valence-corrected chi connectivity index (χ2v) is 23.6. The number of carboxylic acid groups (broad SMARTS) is 1. The van der Waals surface area contributed by atoms with Crippen molar-refractivity contribution in [1.82, 2.24) is 69.9 Å². The first kappa shape index (κ1) is 69.4. The molecule has 12 aromatic rings. The molecule has 0 bridgehead atoms. The molecule has 9 aromatic heterocycles. The van der Waals surface area contributed by atoms with Crippen LogP contribution in [-0.4, -0.2) is 82.1 Å². The predicted molar refractivity (Wildman–Crippen MR) is 370 cm³/mol. The number of nitrogen functional groups attached to an aromatic ring is 3. The maximum absolute atomic E-state index is 13.0. The molecule has 0 saturated carbocycles. The predicted octanol–water partition coefficient (Wildman–Crippen LogP) is 10.5. The number of aromatic carboxylic acids is 1. The van der Waals surface area contributed by atoms with Crippen molar-refractivity contribution in [2.45, 2.75) is 80.8 Å². The molecular weight excluding hydrogens is 1290 g/mol. The number of hydrogen-bond donors (Lipinski definition) is 7. The number of carboxylic acids is 1. The van der Waals surface area contributed by atoms with Crippen LogP contribution >= 0.6 is 34.8 Å². The Morgan fingerprint density at radius 2 is 0.773 bits per heavy atom. The molecule has 97 heavy (non-hydrogen) atoms. The summed E-state index contributed by atoms with van der Waals surface area (Å²) >= 11 is 18.0. The lowest BCUT2D eigenvalue weighted by Gasteiger charge is -2.12. The maximum Gasteiger partial charge on any atom is 0.354 e. The van der Waals surface area contributed by atoms with Crippen LogP contribution in [0.15, 0.2) is 128 Å². The number of anilines is 3. The summed E-state index contributed by atoms with van der Waals surface area (Å²) in [5.74, 6) is -0.339. The van der Waals surface area contributed by atoms with Crippen LogP contribution in [0.4, 0.5) is 17.5 Å². The van der Waals surface area contributed by atoms with Crippen LogP contribution in [0, 0.1) is 75.5 Å². The van der Waals surface area contributed by atoms with Crippen LogP contribution in [-0.2, 0) is 39.3 Å². The van der Waals surface area contributed by atoms with Gasteiger partial charge in [0.25, 0.3) is 11.8 Å². The van der Waals surface area contributed by atoms with Crippen molar-refractivity contribution in [2.75, 3.05) is 17.2 Å². The van der Waals surface area contributed by atoms with Crippen molar-refractivity contribution in [3.63, 3.8) is 0 Å². The van der Waals surface area contributed by atoms with Gasteiger partial charge in [-0.2, -0.15) is 31.1 Å². The Kier molecular flexibility index (Phi) is 22.1. The zero-order valence-corrected chi connectivity index (χ0v) is 55.5. The highest BCUT2D eigenvalue weighted by Crippen LogP contribution is 2.24. The van der Waals surface area contributed by atoms with Gasteiger partial charge in [-0.3, -0.25) is 38.6 Å². The molecule has 0 aliphatic carbocycles. The van der Waals surface area contributed by atoms with E-state index in [4.69, 9.17) is 68.1 Å². The van der Waals surface area contributed by atoms with Gasteiger partial charge in [-0.1, -0.05) is 53.0 Å². The number of carbonyl (C=O) groups excluding carboxylic acids is 2. The number of carbonyl (C=O) groups is 3. The van der Waals surface area contributed by atoms with E-state index in [-0.39, 0.29) is 54.2 Å². The van der Waals surface area contributed by atoms with Gasteiger partial charge in [0.15, 0.2) is 17.1 Å². The first-order valence-corrected chi connectivity index (χ1v) is 30.8. The SMILES string of the molecule is Cc1cc(N)nc(C)c1CN.Cc1cc(N)nc(C)c1CNC(=O)c1cc(C#N)nn1Cc1ccc2ncc(Cl)cc2c1.Cc1cc(N)nc(C)c1CNC(=O)c1cc(C#N)nn1Cc1ccc2ncc(Cl)cc2c1.N#Cc1cc(C(=O)O)n(Cc2ccc3ncc(Cl)cc3c2)n1. The van der Waals surface area contributed by atoms with Gasteiger partial charge >= 0.3 is 5.97 Å². The van der Waals surface area contributed by atoms with Crippen molar-refractivity contribution in [3.8, 4) is 18.2 Å². The van der Waals surface area contributed by atoms with Gasteiger partial charge in [-0.25, -0.2) is 19.7 Å². The zero-order valence-electron chi connectivity index (χ0n) is 53.2. The molecule has 25 nitrogen and oxygen atoms in total. The Morgan fingerprint density at radius 3 is 1.07 bits per heavy atom. The average Bonchev–Trinajstić information content (AvgIpc) is 1.67. The van der Waals surface area contributed by atoms with Crippen LogP contribution in [0.3, 0.4) is 0 Å². The van der Waals surface area contributed by atoms with Crippen molar-refractivity contribution in [3.05, 3.63) is 244 Å². The third-order valence-electron chi connectivity index (χ3n) is 15.3. The van der Waals surface area contributed by atoms with Crippen LogP contribution in [0.1, 0.15) is 116 Å². The summed E-state index contributed by atoms with van der Waals surface area (Å²) in [6.45, 7) is 13.4. The summed E-state index contributed by atoms with van der Waals surface area (Å²) < 4.78 is 4.34. The molecule has 28 heteroatoms. The van der Waals surface area contributed by atoms with Crippen molar-refractivity contribution < 1.29 is 19.5 Å². The van der Waals surface area contributed by atoms with Crippen LogP contribution < -0.4 is 33.6 Å². The number of aromatic nitrogens is 12. The Labute approximate surface area is 570 Å². The summed E-state index contributed by atoms with van der Waals surface area (Å²) in [4.78, 5) is 62.5. The number of benzene rings is 3. The number of pyridine rings is 6. The Morgan fingerprint density at radius 1 is 0.464 bits per heavy atom. The molecule has 2 amide bonds. The minimum absolute atomic E-state index is 0.0270. The Bertz CT molecular complexity index is 4880. The second-order valence-electron chi connectivity index (χ2n) is 22.3. The smallest absolute Gasteiger partial charge is 0.354 e. The molecule has 0 spiro atoms. The zero-order chi connectivity index (χ0) is 69.8. The van der Waals surface area contributed by atoms with E-state index in [9.17, 15) is 24.9 Å². The van der Waals surface area contributed by atoms with E-state index in [1.807, 2.05) is 133 Å². The van der Waals surface area contributed by atoms with Gasteiger partial charge in [-0.15, -0.1) is 0 Å². The first-order valence-electron chi connectivity index (χ1n) is 29.6. The third kappa shape index (κ3) is 17.5. The summed E-state index contributed by atoms with van der Waals surface area (Å²) in [6.07, 6.45) is 4.76. The Balaban J connectivity index is 0.000000160. The lowest BCUT2D eigenvalue weighted by molar-refractivity contribution is 0.0683. The highest BCUT2D eigenvalue weighted by Gasteiger charge is 2.20. The molecule has 9 heterocycles. The summed E-state index contributed by atoms with van der Waals surface area (Å²) in [5, 5.41) is 59.2. The van der Waals surface area contributed by atoms with Crippen LogP contribution in [0.5, 0.6) is 0 Å². The van der Waals surface area contributed by atoms with Gasteiger partial charge in [0.2, 0.25) is 0 Å². The van der Waals surface area contributed by atoms with Gasteiger partial charge in [0.05, 0.1) is 51.3 Å². The fraction of sp³-hybridized carbons (Fsp3) is 0.174. The molecule has 0 aliphatic rings. The molecule has 0 unspecified atom stereocenters. The number of fused-ring (bicyclic) bond motifs is 3. The van der Waals surface area contributed by atoms with E-state index in [0.717, 1.165) is 99.9 Å².